The Kier molecular flexibility index (Phi) is 3.96. The highest BCUT2D eigenvalue weighted by atomic mass is 35.5. The van der Waals surface area contributed by atoms with Crippen LogP contribution in [0.15, 0.2) is 42.5 Å². The fourth-order valence-corrected chi connectivity index (χ4v) is 4.08. The summed E-state index contributed by atoms with van der Waals surface area (Å²) in [6.07, 6.45) is 0. The number of halogens is 1. The average molecular weight is 413 g/mol. The van der Waals surface area contributed by atoms with Crippen LogP contribution in [0.5, 0.6) is 11.5 Å². The molecule has 0 bridgehead atoms. The van der Waals surface area contributed by atoms with E-state index in [-0.39, 0.29) is 12.7 Å². The largest absolute Gasteiger partial charge is 0.454 e. The van der Waals surface area contributed by atoms with Crippen LogP contribution < -0.4 is 14.8 Å². The number of fused-ring (bicyclic) bond motifs is 2. The smallest absolute Gasteiger partial charge is 0.256 e. The van der Waals surface area contributed by atoms with Crippen molar-refractivity contribution >= 4 is 44.9 Å². The molecule has 140 valence electrons. The molecule has 0 radical (unpaired) electrons. The number of thiazole rings is 1. The van der Waals surface area contributed by atoms with E-state index in [1.807, 2.05) is 19.1 Å². The summed E-state index contributed by atoms with van der Waals surface area (Å²) in [6.45, 7) is 2.08. The van der Waals surface area contributed by atoms with Gasteiger partial charge in [-0.2, -0.15) is 9.78 Å². The number of carbonyl (C=O) groups excluding carboxylic acids is 1. The van der Waals surface area contributed by atoms with Crippen LogP contribution in [0.25, 0.3) is 15.3 Å². The summed E-state index contributed by atoms with van der Waals surface area (Å²) in [5.74, 6) is 1.64. The van der Waals surface area contributed by atoms with Crippen molar-refractivity contribution in [3.63, 3.8) is 0 Å². The first-order valence-electron chi connectivity index (χ1n) is 8.41. The lowest BCUT2D eigenvalue weighted by molar-refractivity contribution is 0.102. The highest BCUT2D eigenvalue weighted by molar-refractivity contribution is 7.20. The van der Waals surface area contributed by atoms with E-state index in [1.165, 1.54) is 11.3 Å². The third-order valence-corrected chi connectivity index (χ3v) is 5.44. The molecule has 4 aromatic rings. The summed E-state index contributed by atoms with van der Waals surface area (Å²) >= 11 is 7.43. The normalized spacial score (nSPS) is 12.5. The number of aromatic nitrogens is 3. The standard InChI is InChI=1S/C19H13ClN4O3S/c1-10-5-17(22-18(25)11-3-2-4-12(20)6-11)24(23-10)19-21-13-7-14-15(27-9-26-14)8-16(13)28-19/h2-8H,9H2,1H3,(H,22,25). The molecule has 0 aliphatic carbocycles. The van der Waals surface area contributed by atoms with E-state index in [4.69, 9.17) is 21.1 Å². The summed E-state index contributed by atoms with van der Waals surface area (Å²) < 4.78 is 13.4. The van der Waals surface area contributed by atoms with Crippen LogP contribution in [0.4, 0.5) is 5.82 Å². The molecule has 2 aromatic heterocycles. The topological polar surface area (TPSA) is 78.3 Å². The van der Waals surface area contributed by atoms with E-state index < -0.39 is 0 Å². The summed E-state index contributed by atoms with van der Waals surface area (Å²) in [7, 11) is 0. The lowest BCUT2D eigenvalue weighted by Crippen LogP contribution is -2.15. The maximum atomic E-state index is 12.6. The molecule has 2 aromatic carbocycles. The van der Waals surface area contributed by atoms with E-state index in [0.29, 0.717) is 33.0 Å². The lowest BCUT2D eigenvalue weighted by Gasteiger charge is -2.06. The van der Waals surface area contributed by atoms with Crippen LogP contribution in [0.3, 0.4) is 0 Å². The number of benzene rings is 2. The SMILES string of the molecule is Cc1cc(NC(=O)c2cccc(Cl)c2)n(-c2nc3cc4c(cc3s2)OCO4)n1. The van der Waals surface area contributed by atoms with Gasteiger partial charge in [-0.25, -0.2) is 4.98 Å². The predicted molar refractivity (Wildman–Crippen MR) is 107 cm³/mol. The first kappa shape index (κ1) is 17.0. The number of hydrogen-bond acceptors (Lipinski definition) is 6. The Balaban J connectivity index is 1.51. The Hall–Kier alpha value is -3.10. The molecule has 0 fully saturated rings. The van der Waals surface area contributed by atoms with Crippen molar-refractivity contribution in [3.8, 4) is 16.6 Å². The highest BCUT2D eigenvalue weighted by Gasteiger charge is 2.19. The molecule has 9 heteroatoms. The number of aryl methyl sites for hydroxylation is 1. The number of nitrogens with one attached hydrogen (secondary N) is 1. The monoisotopic (exact) mass is 412 g/mol. The molecule has 0 atom stereocenters. The van der Waals surface area contributed by atoms with Crippen molar-refractivity contribution in [2.45, 2.75) is 6.92 Å². The third-order valence-electron chi connectivity index (χ3n) is 4.21. The predicted octanol–water partition coefficient (Wildman–Crippen LogP) is 4.42. The zero-order valence-corrected chi connectivity index (χ0v) is 16.2. The molecule has 0 spiro atoms. The van der Waals surface area contributed by atoms with Gasteiger partial charge in [0.25, 0.3) is 5.91 Å². The second kappa shape index (κ2) is 6.50. The molecule has 1 N–H and O–H groups in total. The van der Waals surface area contributed by atoms with Crippen LogP contribution >= 0.6 is 22.9 Å². The quantitative estimate of drug-likeness (QED) is 0.538. The van der Waals surface area contributed by atoms with Gasteiger partial charge in [0.15, 0.2) is 11.5 Å². The van der Waals surface area contributed by atoms with Crippen molar-refractivity contribution in [1.82, 2.24) is 14.8 Å². The Morgan fingerprint density at radius 3 is 2.86 bits per heavy atom. The van der Waals surface area contributed by atoms with Crippen molar-refractivity contribution in [1.29, 1.82) is 0 Å². The van der Waals surface area contributed by atoms with Gasteiger partial charge in [-0.05, 0) is 25.1 Å². The highest BCUT2D eigenvalue weighted by Crippen LogP contribution is 2.38. The fourth-order valence-electron chi connectivity index (χ4n) is 2.95. The minimum atomic E-state index is -0.273. The Morgan fingerprint density at radius 2 is 2.04 bits per heavy atom. The first-order chi connectivity index (χ1) is 13.6. The number of rotatable bonds is 3. The third kappa shape index (κ3) is 2.96. The average Bonchev–Trinajstić information content (AvgIpc) is 3.37. The van der Waals surface area contributed by atoms with Crippen molar-refractivity contribution < 1.29 is 14.3 Å². The van der Waals surface area contributed by atoms with Crippen molar-refractivity contribution in [2.75, 3.05) is 12.1 Å². The Morgan fingerprint density at radius 1 is 1.21 bits per heavy atom. The zero-order chi connectivity index (χ0) is 19.3. The van der Waals surface area contributed by atoms with E-state index in [9.17, 15) is 4.79 Å². The Labute approximate surface area is 168 Å². The molecule has 1 aliphatic heterocycles. The molecule has 0 saturated heterocycles. The molecule has 0 unspecified atom stereocenters. The number of nitrogens with zero attached hydrogens (tertiary/aromatic N) is 3. The summed E-state index contributed by atoms with van der Waals surface area (Å²) in [5, 5.41) is 8.50. The van der Waals surface area contributed by atoms with Crippen LogP contribution in [0, 0.1) is 6.92 Å². The van der Waals surface area contributed by atoms with Gasteiger partial charge in [0.2, 0.25) is 11.9 Å². The minimum absolute atomic E-state index is 0.220. The maximum Gasteiger partial charge on any atom is 0.256 e. The van der Waals surface area contributed by atoms with Gasteiger partial charge < -0.3 is 14.8 Å². The number of carbonyl (C=O) groups is 1. The number of hydrogen-bond donors (Lipinski definition) is 1. The second-order valence-corrected chi connectivity index (χ2v) is 7.66. The van der Waals surface area contributed by atoms with Crippen LogP contribution in [0.2, 0.25) is 5.02 Å². The summed E-state index contributed by atoms with van der Waals surface area (Å²) in [5.41, 5.74) is 2.01. The zero-order valence-electron chi connectivity index (χ0n) is 14.6. The van der Waals surface area contributed by atoms with E-state index >= 15 is 0 Å². The number of ether oxygens (including phenoxy) is 2. The van der Waals surface area contributed by atoms with Gasteiger partial charge in [-0.1, -0.05) is 29.0 Å². The van der Waals surface area contributed by atoms with E-state index in [0.717, 1.165) is 15.9 Å². The number of anilines is 1. The van der Waals surface area contributed by atoms with Gasteiger partial charge in [0.05, 0.1) is 15.9 Å². The first-order valence-corrected chi connectivity index (χ1v) is 9.60. The summed E-state index contributed by atoms with van der Waals surface area (Å²) in [4.78, 5) is 17.2. The van der Waals surface area contributed by atoms with Crippen molar-refractivity contribution in [2.24, 2.45) is 0 Å². The van der Waals surface area contributed by atoms with Gasteiger partial charge in [-0.15, -0.1) is 0 Å². The maximum absolute atomic E-state index is 12.6. The van der Waals surface area contributed by atoms with E-state index in [1.54, 1.807) is 35.0 Å². The number of amides is 1. The molecule has 28 heavy (non-hydrogen) atoms. The van der Waals surface area contributed by atoms with Gasteiger partial charge >= 0.3 is 0 Å². The Bertz CT molecular complexity index is 1190. The van der Waals surface area contributed by atoms with Crippen molar-refractivity contribution in [3.05, 3.63) is 58.7 Å². The molecule has 0 saturated carbocycles. The van der Waals surface area contributed by atoms with Gasteiger partial charge in [0, 0.05) is 28.8 Å². The molecule has 1 aliphatic rings. The molecular weight excluding hydrogens is 400 g/mol. The minimum Gasteiger partial charge on any atom is -0.454 e. The van der Waals surface area contributed by atoms with Crippen LogP contribution in [-0.2, 0) is 0 Å². The summed E-state index contributed by atoms with van der Waals surface area (Å²) in [6, 6.07) is 12.3. The van der Waals surface area contributed by atoms with Gasteiger partial charge in [-0.3, -0.25) is 4.79 Å². The molecular formula is C19H13ClN4O3S. The second-order valence-electron chi connectivity index (χ2n) is 6.22. The fraction of sp³-hybridized carbons (Fsp3) is 0.105. The lowest BCUT2D eigenvalue weighted by atomic mass is 10.2. The van der Waals surface area contributed by atoms with Crippen LogP contribution in [-0.4, -0.2) is 27.5 Å². The van der Waals surface area contributed by atoms with Gasteiger partial charge in [0.1, 0.15) is 5.82 Å². The van der Waals surface area contributed by atoms with E-state index in [2.05, 4.69) is 15.4 Å². The van der Waals surface area contributed by atoms with Crippen LogP contribution in [0.1, 0.15) is 16.1 Å². The molecule has 5 rings (SSSR count). The molecule has 1 amide bonds. The molecule has 3 heterocycles. The molecule has 7 nitrogen and oxygen atoms in total.